The van der Waals surface area contributed by atoms with Gasteiger partial charge in [0, 0.05) is 30.6 Å². The lowest BCUT2D eigenvalue weighted by Gasteiger charge is -2.28. The molecular formula is C19H28N4O3S. The van der Waals surface area contributed by atoms with E-state index in [2.05, 4.69) is 27.3 Å². The van der Waals surface area contributed by atoms with E-state index in [1.165, 1.54) is 0 Å². The van der Waals surface area contributed by atoms with E-state index in [4.69, 9.17) is 0 Å². The number of fused-ring (bicyclic) bond motifs is 1. The summed E-state index contributed by atoms with van der Waals surface area (Å²) in [7, 11) is -3.47. The van der Waals surface area contributed by atoms with Gasteiger partial charge in [-0.15, -0.1) is 0 Å². The molecule has 3 N–H and O–H groups in total. The third-order valence-corrected chi connectivity index (χ3v) is 6.38. The first-order valence-corrected chi connectivity index (χ1v) is 11.1. The molecule has 2 aliphatic heterocycles. The van der Waals surface area contributed by atoms with Crippen LogP contribution in [0.5, 0.6) is 0 Å². The van der Waals surface area contributed by atoms with E-state index in [0.29, 0.717) is 30.4 Å². The van der Waals surface area contributed by atoms with Crippen LogP contribution in [-0.4, -0.2) is 45.3 Å². The van der Waals surface area contributed by atoms with E-state index in [1.54, 1.807) is 24.3 Å². The van der Waals surface area contributed by atoms with E-state index in [9.17, 15) is 13.2 Å². The van der Waals surface area contributed by atoms with E-state index in [1.807, 2.05) is 0 Å². The molecule has 148 valence electrons. The van der Waals surface area contributed by atoms with Crippen molar-refractivity contribution < 1.29 is 13.2 Å². The van der Waals surface area contributed by atoms with Crippen molar-refractivity contribution in [3.63, 3.8) is 0 Å². The number of carbonyl (C=O) groups excluding carboxylic acids is 1. The second-order valence-electron chi connectivity index (χ2n) is 7.29. The summed E-state index contributed by atoms with van der Waals surface area (Å²) in [6.07, 6.45) is 5.04. The molecule has 0 saturated carbocycles. The van der Waals surface area contributed by atoms with Crippen LogP contribution in [0.1, 0.15) is 51.0 Å². The minimum Gasteiger partial charge on any atom is -0.353 e. The highest BCUT2D eigenvalue weighted by Gasteiger charge is 2.29. The minimum atomic E-state index is -3.47. The molecule has 0 spiro atoms. The van der Waals surface area contributed by atoms with Crippen molar-refractivity contribution in [1.29, 1.82) is 0 Å². The Labute approximate surface area is 161 Å². The predicted molar refractivity (Wildman–Crippen MR) is 105 cm³/mol. The number of benzene rings is 1. The molecule has 3 rings (SSSR count). The van der Waals surface area contributed by atoms with Gasteiger partial charge in [0.1, 0.15) is 5.84 Å². The van der Waals surface area contributed by atoms with Crippen molar-refractivity contribution >= 4 is 21.8 Å². The van der Waals surface area contributed by atoms with Crippen LogP contribution in [0.2, 0.25) is 0 Å². The number of nitrogens with zero attached hydrogens (tertiary/aromatic N) is 1. The number of nitrogens with one attached hydrogen (secondary N) is 3. The van der Waals surface area contributed by atoms with Crippen LogP contribution in [-0.2, 0) is 14.8 Å². The van der Waals surface area contributed by atoms with Crippen molar-refractivity contribution in [3.05, 3.63) is 29.8 Å². The average Bonchev–Trinajstić information content (AvgIpc) is 2.89. The molecule has 0 aliphatic carbocycles. The molecule has 0 bridgehead atoms. The summed E-state index contributed by atoms with van der Waals surface area (Å²) in [4.78, 5) is 16.7. The van der Waals surface area contributed by atoms with Crippen molar-refractivity contribution in [2.24, 2.45) is 4.99 Å². The van der Waals surface area contributed by atoms with Crippen LogP contribution < -0.4 is 15.4 Å². The van der Waals surface area contributed by atoms with Crippen LogP contribution >= 0.6 is 0 Å². The molecule has 2 atom stereocenters. The molecular weight excluding hydrogens is 364 g/mol. The smallest absolute Gasteiger partial charge is 0.263 e. The standard InChI is InChI=1S/C19H28N4O3S/c1-14-13-15(10-12-20-14)22-18(24)9-3-2-6-11-21-19-16-7-4-5-8-17(16)27(25,26)23-19/h4-5,7-8,14-15,20H,2-3,6,9-13H2,1H3,(H,21,23)(H,22,24). The number of rotatable bonds is 7. The number of sulfonamides is 1. The van der Waals surface area contributed by atoms with Gasteiger partial charge in [0.15, 0.2) is 0 Å². The molecule has 1 saturated heterocycles. The fourth-order valence-electron chi connectivity index (χ4n) is 3.58. The Balaban J connectivity index is 1.36. The Morgan fingerprint density at radius 2 is 2.07 bits per heavy atom. The molecule has 2 heterocycles. The maximum absolute atomic E-state index is 12.0. The quantitative estimate of drug-likeness (QED) is 0.613. The molecule has 0 radical (unpaired) electrons. The van der Waals surface area contributed by atoms with E-state index in [-0.39, 0.29) is 16.8 Å². The highest BCUT2D eigenvalue weighted by molar-refractivity contribution is 7.90. The van der Waals surface area contributed by atoms with Crippen LogP contribution in [0, 0.1) is 0 Å². The molecule has 27 heavy (non-hydrogen) atoms. The van der Waals surface area contributed by atoms with Gasteiger partial charge in [0.25, 0.3) is 10.0 Å². The highest BCUT2D eigenvalue weighted by Crippen LogP contribution is 2.22. The first kappa shape index (κ1) is 19.8. The van der Waals surface area contributed by atoms with Gasteiger partial charge < -0.3 is 10.6 Å². The third kappa shape index (κ3) is 5.29. The summed E-state index contributed by atoms with van der Waals surface area (Å²) in [6.45, 7) is 3.64. The van der Waals surface area contributed by atoms with E-state index in [0.717, 1.165) is 38.6 Å². The summed E-state index contributed by atoms with van der Waals surface area (Å²) in [5.74, 6) is 0.543. The maximum atomic E-state index is 12.0. The number of piperidine rings is 1. The number of hydrogen-bond donors (Lipinski definition) is 3. The lowest BCUT2D eigenvalue weighted by atomic mass is 10.0. The summed E-state index contributed by atoms with van der Waals surface area (Å²) in [5.41, 5.74) is 0.632. The first-order valence-electron chi connectivity index (χ1n) is 9.65. The van der Waals surface area contributed by atoms with Crippen molar-refractivity contribution in [2.75, 3.05) is 13.1 Å². The highest BCUT2D eigenvalue weighted by atomic mass is 32.2. The van der Waals surface area contributed by atoms with Crippen LogP contribution in [0.3, 0.4) is 0 Å². The van der Waals surface area contributed by atoms with E-state index < -0.39 is 10.0 Å². The van der Waals surface area contributed by atoms with E-state index >= 15 is 0 Å². The maximum Gasteiger partial charge on any atom is 0.263 e. The molecule has 1 aromatic rings. The van der Waals surface area contributed by atoms with Gasteiger partial charge in [0.05, 0.1) is 4.90 Å². The number of hydrogen-bond acceptors (Lipinski definition) is 5. The van der Waals surface area contributed by atoms with Crippen molar-refractivity contribution in [2.45, 2.75) is 62.4 Å². The van der Waals surface area contributed by atoms with Crippen molar-refractivity contribution in [3.8, 4) is 0 Å². The molecule has 2 aliphatic rings. The molecule has 1 amide bonds. The van der Waals surface area contributed by atoms with Gasteiger partial charge in [-0.2, -0.15) is 0 Å². The molecule has 1 aromatic carbocycles. The number of unbranched alkanes of at least 4 members (excludes halogenated alkanes) is 2. The fourth-order valence-corrected chi connectivity index (χ4v) is 4.83. The summed E-state index contributed by atoms with van der Waals surface area (Å²) < 4.78 is 26.5. The molecule has 1 fully saturated rings. The van der Waals surface area contributed by atoms with Gasteiger partial charge in [-0.3, -0.25) is 14.5 Å². The number of amides is 1. The minimum absolute atomic E-state index is 0.123. The number of aliphatic imine (C=N–C) groups is 1. The Morgan fingerprint density at radius 3 is 2.89 bits per heavy atom. The SMILES string of the molecule is CC1CC(NC(=O)CCCCCN=C2NS(=O)(=O)c3ccccc32)CCN1. The fraction of sp³-hybridized carbons (Fsp3) is 0.579. The number of carbonyl (C=O) groups is 1. The normalized spacial score (nSPS) is 25.0. The zero-order valence-corrected chi connectivity index (χ0v) is 16.5. The third-order valence-electron chi connectivity index (χ3n) is 4.98. The largest absolute Gasteiger partial charge is 0.353 e. The summed E-state index contributed by atoms with van der Waals surface area (Å²) >= 11 is 0. The lowest BCUT2D eigenvalue weighted by molar-refractivity contribution is -0.122. The Hall–Kier alpha value is -1.93. The van der Waals surface area contributed by atoms with Gasteiger partial charge in [-0.1, -0.05) is 18.6 Å². The zero-order valence-electron chi connectivity index (χ0n) is 15.7. The van der Waals surface area contributed by atoms with Crippen LogP contribution in [0.15, 0.2) is 34.2 Å². The van der Waals surface area contributed by atoms with Crippen molar-refractivity contribution in [1.82, 2.24) is 15.4 Å². The summed E-state index contributed by atoms with van der Waals surface area (Å²) in [6, 6.07) is 7.60. The average molecular weight is 393 g/mol. The topological polar surface area (TPSA) is 99.7 Å². The Morgan fingerprint density at radius 1 is 1.26 bits per heavy atom. The second kappa shape index (κ2) is 8.84. The summed E-state index contributed by atoms with van der Waals surface area (Å²) in [5, 5.41) is 6.50. The van der Waals surface area contributed by atoms with Gasteiger partial charge in [-0.05, 0) is 51.3 Å². The molecule has 8 heteroatoms. The van der Waals surface area contributed by atoms with Crippen LogP contribution in [0.4, 0.5) is 0 Å². The van der Waals surface area contributed by atoms with Crippen LogP contribution in [0.25, 0.3) is 0 Å². The lowest BCUT2D eigenvalue weighted by Crippen LogP contribution is -2.46. The molecule has 7 nitrogen and oxygen atoms in total. The van der Waals surface area contributed by atoms with Gasteiger partial charge >= 0.3 is 0 Å². The molecule has 2 unspecified atom stereocenters. The monoisotopic (exact) mass is 392 g/mol. The number of amidine groups is 1. The first-order chi connectivity index (χ1) is 13.0. The van der Waals surface area contributed by atoms with Gasteiger partial charge in [-0.25, -0.2) is 8.42 Å². The molecule has 0 aromatic heterocycles. The zero-order chi connectivity index (χ0) is 19.3. The predicted octanol–water partition coefficient (Wildman–Crippen LogP) is 1.54. The Kier molecular flexibility index (Phi) is 6.49. The Bertz CT molecular complexity index is 807. The van der Waals surface area contributed by atoms with Gasteiger partial charge in [0.2, 0.25) is 5.91 Å². The second-order valence-corrected chi connectivity index (χ2v) is 8.94.